The lowest BCUT2D eigenvalue weighted by Gasteiger charge is -2.24. The van der Waals surface area contributed by atoms with Gasteiger partial charge in [-0.05, 0) is 25.5 Å². The predicted octanol–water partition coefficient (Wildman–Crippen LogP) is 2.79. The number of anilines is 1. The summed E-state index contributed by atoms with van der Waals surface area (Å²) in [6.45, 7) is 2.79. The second-order valence-corrected chi connectivity index (χ2v) is 5.70. The van der Waals surface area contributed by atoms with Crippen LogP contribution in [0, 0.1) is 10.1 Å². The van der Waals surface area contributed by atoms with Gasteiger partial charge in [-0.2, -0.15) is 13.2 Å². The number of carboxylic acids is 1. The van der Waals surface area contributed by atoms with E-state index in [1.54, 1.807) is 6.92 Å². The van der Waals surface area contributed by atoms with Crippen LogP contribution in [0.3, 0.4) is 0 Å². The third-order valence-electron chi connectivity index (χ3n) is 3.78. The number of nitro benzene ring substituents is 1. The Bertz CT molecular complexity index is 708. The number of aliphatic carboxylic acids is 1. The summed E-state index contributed by atoms with van der Waals surface area (Å²) in [5.74, 6) is -1.82. The highest BCUT2D eigenvalue weighted by Gasteiger charge is 2.34. The molecule has 0 saturated heterocycles. The third kappa shape index (κ3) is 5.33. The highest BCUT2D eigenvalue weighted by atomic mass is 19.4. The van der Waals surface area contributed by atoms with E-state index in [0.29, 0.717) is 12.1 Å². The van der Waals surface area contributed by atoms with Gasteiger partial charge in [0.25, 0.3) is 5.69 Å². The normalized spacial score (nSPS) is 13.6. The number of nitrogens with one attached hydrogen (secondary N) is 2. The van der Waals surface area contributed by atoms with Gasteiger partial charge in [0.1, 0.15) is 11.2 Å². The molecule has 0 aliphatic heterocycles. The van der Waals surface area contributed by atoms with Crippen molar-refractivity contribution in [3.63, 3.8) is 0 Å². The van der Waals surface area contributed by atoms with E-state index in [-0.39, 0.29) is 25.1 Å². The monoisotopic (exact) mass is 377 g/mol. The largest absolute Gasteiger partial charge is 0.480 e. The summed E-state index contributed by atoms with van der Waals surface area (Å²) in [5.41, 5.74) is -3.55. The van der Waals surface area contributed by atoms with Crippen LogP contribution in [0.2, 0.25) is 0 Å². The van der Waals surface area contributed by atoms with Crippen LogP contribution in [0.25, 0.3) is 0 Å². The second-order valence-electron chi connectivity index (χ2n) is 5.70. The van der Waals surface area contributed by atoms with Gasteiger partial charge in [-0.15, -0.1) is 0 Å². The first-order valence-corrected chi connectivity index (χ1v) is 7.54. The number of rotatable bonds is 8. The fourth-order valence-electron chi connectivity index (χ4n) is 1.98. The molecule has 144 valence electrons. The van der Waals surface area contributed by atoms with Crippen molar-refractivity contribution >= 4 is 23.3 Å². The quantitative estimate of drug-likeness (QED) is 0.473. The number of alkyl halides is 3. The fourth-order valence-corrected chi connectivity index (χ4v) is 1.98. The highest BCUT2D eigenvalue weighted by molar-refractivity contribution is 5.86. The van der Waals surface area contributed by atoms with E-state index in [4.69, 9.17) is 5.11 Å². The molecule has 1 aromatic carbocycles. The lowest BCUT2D eigenvalue weighted by molar-refractivity contribution is -0.384. The van der Waals surface area contributed by atoms with Crippen LogP contribution < -0.4 is 10.6 Å². The lowest BCUT2D eigenvalue weighted by Crippen LogP contribution is -2.51. The zero-order valence-electron chi connectivity index (χ0n) is 14.0. The Hall–Kier alpha value is -2.85. The summed E-state index contributed by atoms with van der Waals surface area (Å²) in [6.07, 6.45) is -4.79. The van der Waals surface area contributed by atoms with Crippen LogP contribution in [0.1, 0.15) is 32.3 Å². The maximum atomic E-state index is 12.6. The molecule has 0 spiro atoms. The van der Waals surface area contributed by atoms with Gasteiger partial charge >= 0.3 is 12.1 Å². The van der Waals surface area contributed by atoms with E-state index in [2.05, 4.69) is 10.6 Å². The van der Waals surface area contributed by atoms with Crippen molar-refractivity contribution in [3.8, 4) is 0 Å². The molecule has 0 saturated carbocycles. The number of amides is 1. The molecule has 0 aliphatic rings. The molecule has 0 aromatic heterocycles. The number of halogens is 3. The Labute approximate surface area is 146 Å². The van der Waals surface area contributed by atoms with Crippen LogP contribution in [-0.2, 0) is 15.8 Å². The first-order valence-electron chi connectivity index (χ1n) is 7.54. The maximum Gasteiger partial charge on any atom is 0.416 e. The zero-order chi connectivity index (χ0) is 20.1. The molecule has 0 radical (unpaired) electrons. The first-order chi connectivity index (χ1) is 11.9. The summed E-state index contributed by atoms with van der Waals surface area (Å²) < 4.78 is 37.9. The van der Waals surface area contributed by atoms with Crippen LogP contribution in [0.15, 0.2) is 18.2 Å². The Kier molecular flexibility index (Phi) is 6.54. The fraction of sp³-hybridized carbons (Fsp3) is 0.467. The Balaban J connectivity index is 2.77. The van der Waals surface area contributed by atoms with Gasteiger partial charge in [-0.3, -0.25) is 14.9 Å². The molecule has 1 amide bonds. The average molecular weight is 377 g/mol. The topological polar surface area (TPSA) is 122 Å². The number of nitro groups is 1. The standard InChI is InChI=1S/C15H18F3N3O5/c1-3-14(2,13(23)24)20-12(22)6-7-19-10-5-4-9(15(16,17)18)8-11(10)21(25)26/h4-5,8,19H,3,6-7H2,1-2H3,(H,20,22)(H,23,24). The number of carboxylic acid groups (broad SMARTS) is 1. The van der Waals surface area contributed by atoms with Crippen LogP contribution in [0.4, 0.5) is 24.5 Å². The maximum absolute atomic E-state index is 12.6. The molecular weight excluding hydrogens is 359 g/mol. The first kappa shape index (κ1) is 21.2. The summed E-state index contributed by atoms with van der Waals surface area (Å²) in [5, 5.41) is 24.9. The Morgan fingerprint density at radius 3 is 2.38 bits per heavy atom. The van der Waals surface area contributed by atoms with Crippen molar-refractivity contribution in [1.82, 2.24) is 5.32 Å². The third-order valence-corrected chi connectivity index (χ3v) is 3.78. The van der Waals surface area contributed by atoms with Gasteiger partial charge in [0.05, 0.1) is 10.5 Å². The molecule has 0 bridgehead atoms. The van der Waals surface area contributed by atoms with Crippen molar-refractivity contribution in [1.29, 1.82) is 0 Å². The molecule has 1 atom stereocenters. The zero-order valence-corrected chi connectivity index (χ0v) is 14.0. The number of carbonyl (C=O) groups excluding carboxylic acids is 1. The van der Waals surface area contributed by atoms with Crippen LogP contribution in [-0.4, -0.2) is 34.0 Å². The summed E-state index contributed by atoms with van der Waals surface area (Å²) in [4.78, 5) is 32.9. The molecule has 8 nitrogen and oxygen atoms in total. The Morgan fingerprint density at radius 2 is 1.92 bits per heavy atom. The molecule has 3 N–H and O–H groups in total. The molecule has 1 unspecified atom stereocenters. The lowest BCUT2D eigenvalue weighted by atomic mass is 9.99. The van der Waals surface area contributed by atoms with Gasteiger partial charge in [0, 0.05) is 19.0 Å². The van der Waals surface area contributed by atoms with Crippen LogP contribution in [0.5, 0.6) is 0 Å². The van der Waals surface area contributed by atoms with E-state index >= 15 is 0 Å². The minimum absolute atomic E-state index is 0.128. The molecule has 0 heterocycles. The van der Waals surface area contributed by atoms with Gasteiger partial charge in [-0.25, -0.2) is 4.79 Å². The van der Waals surface area contributed by atoms with E-state index in [1.165, 1.54) is 6.92 Å². The summed E-state index contributed by atoms with van der Waals surface area (Å²) in [7, 11) is 0. The van der Waals surface area contributed by atoms with Gasteiger partial charge in [0.15, 0.2) is 0 Å². The van der Waals surface area contributed by atoms with Crippen LogP contribution >= 0.6 is 0 Å². The Morgan fingerprint density at radius 1 is 1.31 bits per heavy atom. The predicted molar refractivity (Wildman–Crippen MR) is 85.7 cm³/mol. The molecular formula is C15H18F3N3O5. The number of nitrogens with zero attached hydrogens (tertiary/aromatic N) is 1. The molecule has 0 fully saturated rings. The minimum Gasteiger partial charge on any atom is -0.480 e. The smallest absolute Gasteiger partial charge is 0.416 e. The van der Waals surface area contributed by atoms with E-state index in [9.17, 15) is 32.9 Å². The number of carbonyl (C=O) groups is 2. The summed E-state index contributed by atoms with van der Waals surface area (Å²) >= 11 is 0. The molecule has 26 heavy (non-hydrogen) atoms. The molecule has 1 aromatic rings. The van der Waals surface area contributed by atoms with Gasteiger partial charge in [0.2, 0.25) is 5.91 Å². The van der Waals surface area contributed by atoms with Crippen molar-refractivity contribution in [2.75, 3.05) is 11.9 Å². The van der Waals surface area contributed by atoms with Crippen molar-refractivity contribution in [2.45, 2.75) is 38.4 Å². The highest BCUT2D eigenvalue weighted by Crippen LogP contribution is 2.34. The van der Waals surface area contributed by atoms with Crippen molar-refractivity contribution in [3.05, 3.63) is 33.9 Å². The van der Waals surface area contributed by atoms with E-state index < -0.39 is 39.8 Å². The molecule has 11 heteroatoms. The number of hydrogen-bond donors (Lipinski definition) is 3. The van der Waals surface area contributed by atoms with E-state index in [0.717, 1.165) is 6.07 Å². The molecule has 0 aliphatic carbocycles. The van der Waals surface area contributed by atoms with Crippen molar-refractivity contribution < 1.29 is 32.8 Å². The van der Waals surface area contributed by atoms with Gasteiger partial charge in [-0.1, -0.05) is 6.92 Å². The summed E-state index contributed by atoms with van der Waals surface area (Å²) in [6, 6.07) is 2.00. The van der Waals surface area contributed by atoms with Gasteiger partial charge < -0.3 is 15.7 Å². The van der Waals surface area contributed by atoms with Crippen molar-refractivity contribution in [2.24, 2.45) is 0 Å². The SMILES string of the molecule is CCC(C)(NC(=O)CCNc1ccc(C(F)(F)F)cc1[N+](=O)[O-])C(=O)O. The average Bonchev–Trinajstić information content (AvgIpc) is 2.53. The minimum atomic E-state index is -4.72. The van der Waals surface area contributed by atoms with E-state index in [1.807, 2.05) is 0 Å². The molecule has 1 rings (SSSR count). The number of benzene rings is 1. The second kappa shape index (κ2) is 8.02. The number of hydrogen-bond acceptors (Lipinski definition) is 5.